The van der Waals surface area contributed by atoms with E-state index in [-0.39, 0.29) is 5.25 Å². The Morgan fingerprint density at radius 1 is 1.35 bits per heavy atom. The summed E-state index contributed by atoms with van der Waals surface area (Å²) < 4.78 is 12.1. The molecule has 0 radical (unpaired) electrons. The Morgan fingerprint density at radius 3 is 2.88 bits per heavy atom. The predicted molar refractivity (Wildman–Crippen MR) is 73.4 cm³/mol. The fourth-order valence-electron chi connectivity index (χ4n) is 2.39. The van der Waals surface area contributed by atoms with Gasteiger partial charge in [-0.15, -0.1) is 0 Å². The summed E-state index contributed by atoms with van der Waals surface area (Å²) in [5, 5.41) is 0.202. The van der Waals surface area contributed by atoms with Gasteiger partial charge in [0.1, 0.15) is 0 Å². The van der Waals surface area contributed by atoms with E-state index in [1.54, 1.807) is 0 Å². The highest BCUT2D eigenvalue weighted by Gasteiger charge is 2.14. The monoisotopic (exact) mass is 251 g/mol. The molecule has 0 amide bonds. The quantitative estimate of drug-likeness (QED) is 0.871. The van der Waals surface area contributed by atoms with Gasteiger partial charge in [0.2, 0.25) is 0 Å². The number of benzene rings is 1. The number of nitrogens with two attached hydrogens (primary N) is 1. The molecule has 3 heteroatoms. The Labute approximate surface area is 106 Å². The van der Waals surface area contributed by atoms with E-state index < -0.39 is 10.8 Å². The number of aryl methyl sites for hydroxylation is 2. The van der Waals surface area contributed by atoms with Gasteiger partial charge in [-0.2, -0.15) is 0 Å². The number of fused-ring (bicyclic) bond motifs is 1. The molecule has 2 N–H and O–H groups in total. The van der Waals surface area contributed by atoms with Crippen molar-refractivity contribution in [3.8, 4) is 0 Å². The van der Waals surface area contributed by atoms with Crippen LogP contribution in [-0.2, 0) is 29.4 Å². The van der Waals surface area contributed by atoms with Gasteiger partial charge in [-0.1, -0.05) is 25.1 Å². The first kappa shape index (κ1) is 12.8. The molecule has 17 heavy (non-hydrogen) atoms. The minimum absolute atomic E-state index is 0.202. The standard InChI is InChI=1S/C14H21NOS/c1-11(7-8-15)17(16)10-12-5-6-13-3-2-4-14(13)9-12/h5-6,9,11H,2-4,7-8,10,15H2,1H3. The molecule has 1 aliphatic carbocycles. The molecule has 0 aliphatic heterocycles. The van der Waals surface area contributed by atoms with Crippen LogP contribution in [0.1, 0.15) is 36.5 Å². The van der Waals surface area contributed by atoms with Crippen molar-refractivity contribution < 1.29 is 4.21 Å². The van der Waals surface area contributed by atoms with Crippen molar-refractivity contribution in [1.82, 2.24) is 0 Å². The summed E-state index contributed by atoms with van der Waals surface area (Å²) in [7, 11) is -0.792. The van der Waals surface area contributed by atoms with E-state index in [0.717, 1.165) is 6.42 Å². The molecule has 2 rings (SSSR count). The van der Waals surface area contributed by atoms with Crippen molar-refractivity contribution in [2.24, 2.45) is 5.73 Å². The maximum atomic E-state index is 12.1. The van der Waals surface area contributed by atoms with Gasteiger partial charge < -0.3 is 5.73 Å². The Morgan fingerprint density at radius 2 is 2.12 bits per heavy atom. The average Bonchev–Trinajstić information content (AvgIpc) is 2.76. The van der Waals surface area contributed by atoms with Gasteiger partial charge in [0, 0.05) is 21.8 Å². The molecule has 0 saturated carbocycles. The summed E-state index contributed by atoms with van der Waals surface area (Å²) in [6.45, 7) is 2.65. The zero-order valence-electron chi connectivity index (χ0n) is 10.4. The smallest absolute Gasteiger partial charge is 0.0488 e. The summed E-state index contributed by atoms with van der Waals surface area (Å²) >= 11 is 0. The topological polar surface area (TPSA) is 43.1 Å². The van der Waals surface area contributed by atoms with E-state index in [2.05, 4.69) is 18.2 Å². The van der Waals surface area contributed by atoms with Crippen molar-refractivity contribution in [2.45, 2.75) is 43.6 Å². The van der Waals surface area contributed by atoms with E-state index in [4.69, 9.17) is 5.73 Å². The van der Waals surface area contributed by atoms with Crippen LogP contribution in [0.3, 0.4) is 0 Å². The predicted octanol–water partition coefficient (Wildman–Crippen LogP) is 2.16. The normalized spacial score (nSPS) is 17.8. The second-order valence-corrected chi connectivity index (χ2v) is 6.72. The number of hydrogen-bond donors (Lipinski definition) is 1. The Kier molecular flexibility index (Phi) is 4.35. The van der Waals surface area contributed by atoms with E-state index >= 15 is 0 Å². The molecule has 2 nitrogen and oxygen atoms in total. The molecule has 2 atom stereocenters. The lowest BCUT2D eigenvalue weighted by Gasteiger charge is -2.11. The largest absolute Gasteiger partial charge is 0.330 e. The minimum Gasteiger partial charge on any atom is -0.330 e. The molecule has 0 spiro atoms. The van der Waals surface area contributed by atoms with Crippen LogP contribution in [0.2, 0.25) is 0 Å². The highest BCUT2D eigenvalue weighted by molar-refractivity contribution is 7.84. The fourth-order valence-corrected chi connectivity index (χ4v) is 3.58. The molecular weight excluding hydrogens is 230 g/mol. The lowest BCUT2D eigenvalue weighted by Crippen LogP contribution is -2.17. The lowest BCUT2D eigenvalue weighted by atomic mass is 10.1. The van der Waals surface area contributed by atoms with Gasteiger partial charge >= 0.3 is 0 Å². The molecule has 0 bridgehead atoms. The maximum Gasteiger partial charge on any atom is 0.0488 e. The summed E-state index contributed by atoms with van der Waals surface area (Å²) in [6.07, 6.45) is 4.51. The van der Waals surface area contributed by atoms with Crippen LogP contribution in [0.4, 0.5) is 0 Å². The zero-order chi connectivity index (χ0) is 12.3. The average molecular weight is 251 g/mol. The van der Waals surface area contributed by atoms with Crippen LogP contribution in [0, 0.1) is 0 Å². The maximum absolute atomic E-state index is 12.1. The molecular formula is C14H21NOS. The van der Waals surface area contributed by atoms with Crippen molar-refractivity contribution in [2.75, 3.05) is 6.54 Å². The highest BCUT2D eigenvalue weighted by Crippen LogP contribution is 2.23. The highest BCUT2D eigenvalue weighted by atomic mass is 32.2. The third-order valence-electron chi connectivity index (χ3n) is 3.49. The van der Waals surface area contributed by atoms with Crippen LogP contribution < -0.4 is 5.73 Å². The summed E-state index contributed by atoms with van der Waals surface area (Å²) in [5.74, 6) is 0.675. The van der Waals surface area contributed by atoms with Crippen LogP contribution in [-0.4, -0.2) is 16.0 Å². The van der Waals surface area contributed by atoms with E-state index in [1.807, 2.05) is 6.92 Å². The first-order chi connectivity index (χ1) is 8.20. The second kappa shape index (κ2) is 5.78. The van der Waals surface area contributed by atoms with E-state index in [1.165, 1.54) is 36.0 Å². The Balaban J connectivity index is 2.01. The van der Waals surface area contributed by atoms with Gasteiger partial charge in [-0.3, -0.25) is 4.21 Å². The summed E-state index contributed by atoms with van der Waals surface area (Å²) in [6, 6.07) is 6.59. The number of hydrogen-bond acceptors (Lipinski definition) is 2. The van der Waals surface area contributed by atoms with Crippen LogP contribution in [0.5, 0.6) is 0 Å². The Bertz CT molecular complexity index is 417. The number of rotatable bonds is 5. The molecule has 2 unspecified atom stereocenters. The lowest BCUT2D eigenvalue weighted by molar-refractivity contribution is 0.665. The molecule has 1 aromatic rings. The van der Waals surface area contributed by atoms with Crippen molar-refractivity contribution >= 4 is 10.8 Å². The van der Waals surface area contributed by atoms with Gasteiger partial charge in [-0.05, 0) is 48.9 Å². The fraction of sp³-hybridized carbons (Fsp3) is 0.571. The van der Waals surface area contributed by atoms with Crippen molar-refractivity contribution in [3.05, 3.63) is 34.9 Å². The van der Waals surface area contributed by atoms with Crippen LogP contribution in [0.15, 0.2) is 18.2 Å². The molecule has 0 aromatic heterocycles. The van der Waals surface area contributed by atoms with Gasteiger partial charge in [0.15, 0.2) is 0 Å². The zero-order valence-corrected chi connectivity index (χ0v) is 11.3. The van der Waals surface area contributed by atoms with Gasteiger partial charge in [0.05, 0.1) is 0 Å². The minimum atomic E-state index is -0.792. The van der Waals surface area contributed by atoms with Crippen molar-refractivity contribution in [3.63, 3.8) is 0 Å². The molecule has 1 aromatic carbocycles. The third-order valence-corrected chi connectivity index (χ3v) is 5.24. The molecule has 0 saturated heterocycles. The molecule has 94 valence electrons. The SMILES string of the molecule is CC(CCN)S(=O)Cc1ccc2c(c1)CCC2. The summed E-state index contributed by atoms with van der Waals surface area (Å²) in [5.41, 5.74) is 9.66. The van der Waals surface area contributed by atoms with E-state index in [0.29, 0.717) is 12.3 Å². The second-order valence-electron chi connectivity index (χ2n) is 4.87. The van der Waals surface area contributed by atoms with Crippen LogP contribution in [0.25, 0.3) is 0 Å². The molecule has 1 aliphatic rings. The first-order valence-electron chi connectivity index (χ1n) is 6.38. The molecule has 0 fully saturated rings. The molecule has 0 heterocycles. The summed E-state index contributed by atoms with van der Waals surface area (Å²) in [4.78, 5) is 0. The first-order valence-corrected chi connectivity index (χ1v) is 7.77. The van der Waals surface area contributed by atoms with Crippen LogP contribution >= 0.6 is 0 Å². The third kappa shape index (κ3) is 3.17. The van der Waals surface area contributed by atoms with Gasteiger partial charge in [0.25, 0.3) is 0 Å². The Hall–Kier alpha value is -0.670. The van der Waals surface area contributed by atoms with Crippen molar-refractivity contribution in [1.29, 1.82) is 0 Å². The van der Waals surface area contributed by atoms with Gasteiger partial charge in [-0.25, -0.2) is 0 Å². The van der Waals surface area contributed by atoms with E-state index in [9.17, 15) is 4.21 Å².